The first-order valence-corrected chi connectivity index (χ1v) is 40.9. The van der Waals surface area contributed by atoms with Crippen LogP contribution in [0.15, 0.2) is 229 Å². The van der Waals surface area contributed by atoms with Gasteiger partial charge in [0, 0.05) is 50.2 Å². The lowest BCUT2D eigenvalue weighted by Gasteiger charge is -2.26. The number of hydrogen-bond acceptors (Lipinski definition) is 18. The molecule has 0 bridgehead atoms. The van der Waals surface area contributed by atoms with Crippen molar-refractivity contribution in [1.82, 2.24) is 39.0 Å². The van der Waals surface area contributed by atoms with Crippen LogP contribution in [0.3, 0.4) is 0 Å². The zero-order valence-corrected chi connectivity index (χ0v) is 59.8. The Labute approximate surface area is 575 Å². The fourth-order valence-corrected chi connectivity index (χ4v) is 23.4. The van der Waals surface area contributed by atoms with Crippen LogP contribution < -0.4 is 31.8 Å². The van der Waals surface area contributed by atoms with Gasteiger partial charge in [0.15, 0.2) is 71.0 Å². The maximum absolute atomic E-state index is 15.9. The van der Waals surface area contributed by atoms with Crippen LogP contribution in [0.4, 0.5) is 20.4 Å². The number of rotatable bonds is 22. The summed E-state index contributed by atoms with van der Waals surface area (Å²) >= 11 is 2.02. The topological polar surface area (TPSA) is 251 Å². The van der Waals surface area contributed by atoms with Gasteiger partial charge in [0.25, 0.3) is 0 Å². The van der Waals surface area contributed by atoms with Crippen molar-refractivity contribution in [1.29, 1.82) is 0 Å². The second-order valence-electron chi connectivity index (χ2n) is 23.5. The number of imidazole rings is 2. The molecule has 4 aromatic heterocycles. The smallest absolute Gasteiger partial charge is 0.344 e. The van der Waals surface area contributed by atoms with E-state index in [4.69, 9.17) is 47.6 Å². The lowest BCUT2D eigenvalue weighted by atomic mass is 10.2. The quantitative estimate of drug-likeness (QED) is 0.0347. The molecule has 1 fully saturated rings. The van der Waals surface area contributed by atoms with Crippen LogP contribution in [0.1, 0.15) is 53.0 Å². The van der Waals surface area contributed by atoms with Gasteiger partial charge < -0.3 is 28.1 Å². The van der Waals surface area contributed by atoms with E-state index in [1.165, 1.54) is 36.0 Å². The van der Waals surface area contributed by atoms with Gasteiger partial charge in [-0.15, -0.1) is 0 Å². The van der Waals surface area contributed by atoms with Crippen molar-refractivity contribution in [3.05, 3.63) is 219 Å². The zero-order valence-electron chi connectivity index (χ0n) is 54.0. The third-order valence-electron chi connectivity index (χ3n) is 16.2. The minimum absolute atomic E-state index is 0.0125. The van der Waals surface area contributed by atoms with E-state index in [0.717, 1.165) is 44.7 Å². The molecule has 10 atom stereocenters. The fraction of sp³-hybridized carbons (Fsp3) is 0.286. The van der Waals surface area contributed by atoms with Gasteiger partial charge in [-0.25, -0.2) is 48.2 Å². The second kappa shape index (κ2) is 34.2. The average molecular weight is 1500 g/mol. The first-order valence-electron chi connectivity index (χ1n) is 31.1. The predicted molar refractivity (Wildman–Crippen MR) is 382 cm³/mol. The van der Waals surface area contributed by atoms with Crippen molar-refractivity contribution in [2.75, 3.05) is 38.3 Å². The van der Waals surface area contributed by atoms with E-state index in [0.29, 0.717) is 58.1 Å². The van der Waals surface area contributed by atoms with Crippen LogP contribution in [-0.4, -0.2) is 112 Å². The number of hydrogen-bond donors (Lipinski definition) is 0. The summed E-state index contributed by atoms with van der Waals surface area (Å²) in [5, 5.41) is 6.37. The maximum atomic E-state index is 15.9. The van der Waals surface area contributed by atoms with Crippen molar-refractivity contribution in [2.24, 2.45) is 21.3 Å². The lowest BCUT2D eigenvalue weighted by Crippen LogP contribution is -2.25. The Bertz CT molecular complexity index is 4340. The van der Waals surface area contributed by atoms with E-state index in [-0.39, 0.29) is 25.0 Å². The zero-order chi connectivity index (χ0) is 69.2. The molecule has 504 valence electrons. The molecular formula is C70H73F2IN10O10P4. The van der Waals surface area contributed by atoms with Crippen molar-refractivity contribution in [3.8, 4) is 0 Å². The van der Waals surface area contributed by atoms with Gasteiger partial charge in [-0.1, -0.05) is 245 Å². The Morgan fingerprint density at radius 1 is 0.536 bits per heavy atom. The summed E-state index contributed by atoms with van der Waals surface area (Å²) in [5.74, 6) is 0.916. The molecule has 0 amide bonds. The van der Waals surface area contributed by atoms with E-state index < -0.39 is 69.4 Å². The summed E-state index contributed by atoms with van der Waals surface area (Å²) in [4.78, 5) is 60.0. The van der Waals surface area contributed by atoms with Crippen LogP contribution in [0.5, 0.6) is 0 Å². The summed E-state index contributed by atoms with van der Waals surface area (Å²) in [7, 11) is -10.4. The van der Waals surface area contributed by atoms with Gasteiger partial charge >= 0.3 is 12.3 Å². The SMILES string of the molecule is CC[C@H](C)C[P@](C)(=O)CO[C@@H]1C=C(F)[C@H](n2cnc3c(N=P(c4ccccc4)(c4ccccc4)c4ccccc4)ncnc32)O1.CC[C@H](C)C[P@](C)(=O)CO[C@H]1O[C@@H](n2cnc3c(N=P(c4ccccc4)(c4ccccc4)c4ccccc4)ncnc32)[C@@H](F)[C@@H]1I.O=C=O.O=C=O. The van der Waals surface area contributed by atoms with E-state index in [1.807, 2.05) is 132 Å². The Hall–Kier alpha value is -7.73. The molecule has 27 heteroatoms. The summed E-state index contributed by atoms with van der Waals surface area (Å²) in [6, 6.07) is 61.4. The van der Waals surface area contributed by atoms with Crippen LogP contribution in [0.25, 0.3) is 22.3 Å². The van der Waals surface area contributed by atoms with E-state index in [2.05, 4.69) is 130 Å². The number of ether oxygens (including phenoxy) is 4. The first kappa shape index (κ1) is 73.5. The number of benzene rings is 6. The molecule has 1 saturated heterocycles. The number of carbonyl (C=O) groups excluding carboxylic acids is 4. The number of aromatic nitrogens is 8. The summed E-state index contributed by atoms with van der Waals surface area (Å²) in [5.41, 5.74) is 1.67. The molecule has 97 heavy (non-hydrogen) atoms. The van der Waals surface area contributed by atoms with Crippen LogP contribution in [0, 0.1) is 11.8 Å². The molecule has 0 unspecified atom stereocenters. The number of nitrogens with zero attached hydrogens (tertiary/aromatic N) is 10. The molecule has 6 heterocycles. The Kier molecular flexibility index (Phi) is 25.9. The fourth-order valence-electron chi connectivity index (χ4n) is 11.4. The van der Waals surface area contributed by atoms with Gasteiger partial charge in [-0.05, 0) is 25.2 Å². The molecule has 2 aliphatic heterocycles. The number of fused-ring (bicyclic) bond motifs is 2. The van der Waals surface area contributed by atoms with Crippen LogP contribution in [-0.2, 0) is 47.3 Å². The van der Waals surface area contributed by atoms with Gasteiger partial charge in [-0.3, -0.25) is 9.13 Å². The molecule has 0 spiro atoms. The van der Waals surface area contributed by atoms with Gasteiger partial charge in [0.1, 0.15) is 39.6 Å². The van der Waals surface area contributed by atoms with E-state index in [9.17, 15) is 9.13 Å². The standard InChI is InChI=1S/C34H37FIN5O3P2.C34H36FN5O3P2.2CO2/c1-4-24(2)20-45(3,42)23-43-34-29(36)28(35)33(44-34)41-22-39-30-31(37-21-38-32(30)41)40-46(25-14-8-5-9-15-25,26-16-10-6-11-17-26)27-18-12-7-13-19-27;1-4-25(2)21-44(3,41)24-42-30-20-29(35)34(43-30)40-23-38-31-32(36-22-37-33(31)40)39-45(26-14-8-5-9-15-26,27-16-10-6-11-17-27)28-18-12-7-13-19-28;2*2-1-3/h5-19,21-22,24,28-29,33-34H,4,20,23H2,1-3H3;5-20,22-23,25,30,34H,4,21,24H2,1-3H3;;/t24-,28-,29-,33+,34-,45-;25-,30-,34+,44-;;/m00../s1. The second-order valence-corrected chi connectivity index (χ2v) is 37.4. The van der Waals surface area contributed by atoms with Crippen molar-refractivity contribution in [3.63, 3.8) is 0 Å². The van der Waals surface area contributed by atoms with Gasteiger partial charge in [0.05, 0.1) is 30.7 Å². The third kappa shape index (κ3) is 17.4. The predicted octanol–water partition coefficient (Wildman–Crippen LogP) is 13.8. The minimum atomic E-state index is -2.63. The molecule has 0 radical (unpaired) electrons. The molecule has 0 N–H and O–H groups in total. The largest absolute Gasteiger partial charge is 0.373 e. The molecule has 20 nitrogen and oxygen atoms in total. The molecule has 0 aliphatic carbocycles. The number of halogens is 3. The normalized spacial score (nSPS) is 19.3. The highest BCUT2D eigenvalue weighted by atomic mass is 127. The van der Waals surface area contributed by atoms with E-state index in [1.54, 1.807) is 17.9 Å². The molecule has 12 rings (SSSR count). The highest BCUT2D eigenvalue weighted by Gasteiger charge is 2.47. The molecular weight excluding hydrogens is 1430 g/mol. The molecule has 2 aliphatic rings. The maximum Gasteiger partial charge on any atom is 0.373 e. The van der Waals surface area contributed by atoms with E-state index >= 15 is 8.78 Å². The Morgan fingerprint density at radius 3 is 1.24 bits per heavy atom. The third-order valence-corrected chi connectivity index (χ3v) is 28.9. The monoisotopic (exact) mass is 1500 g/mol. The van der Waals surface area contributed by atoms with Crippen LogP contribution in [0.2, 0.25) is 0 Å². The van der Waals surface area contributed by atoms with Gasteiger partial charge in [0.2, 0.25) is 0 Å². The summed E-state index contributed by atoms with van der Waals surface area (Å²) in [6.45, 7) is 11.8. The lowest BCUT2D eigenvalue weighted by molar-refractivity contribution is -0.193. The summed E-state index contributed by atoms with van der Waals surface area (Å²) in [6.07, 6.45) is 5.32. The minimum Gasteiger partial charge on any atom is -0.344 e. The molecule has 0 saturated carbocycles. The molecule has 6 aromatic carbocycles. The summed E-state index contributed by atoms with van der Waals surface area (Å²) < 4.78 is 94.6. The highest BCUT2D eigenvalue weighted by Crippen LogP contribution is 2.53. The first-order chi connectivity index (χ1) is 46.9. The average Bonchev–Trinajstić information content (AvgIpc) is 1.62. The van der Waals surface area contributed by atoms with Crippen molar-refractivity contribution < 1.29 is 56.0 Å². The van der Waals surface area contributed by atoms with Crippen LogP contribution >= 0.6 is 51.0 Å². The number of alkyl halides is 2. The molecule has 10 aromatic rings. The highest BCUT2D eigenvalue weighted by molar-refractivity contribution is 14.1. The van der Waals surface area contributed by atoms with Gasteiger partial charge in [-0.2, -0.15) is 19.2 Å². The van der Waals surface area contributed by atoms with Crippen molar-refractivity contribution in [2.45, 2.75) is 75.7 Å². The Balaban J connectivity index is 0.000000210. The Morgan fingerprint density at radius 2 is 0.876 bits per heavy atom. The van der Waals surface area contributed by atoms with Crippen molar-refractivity contribution >= 4 is 129 Å².